The second-order valence-electron chi connectivity index (χ2n) is 7.84. The lowest BCUT2D eigenvalue weighted by molar-refractivity contribution is -0.137. The largest absolute Gasteiger partial charge is 0.416 e. The molecule has 0 aliphatic rings. The number of nitrogens with one attached hydrogen (secondary N) is 1. The number of nitrogens with zero attached hydrogens (tertiary/aromatic N) is 2. The molecule has 1 N–H and O–H groups in total. The second-order valence-corrected chi connectivity index (χ2v) is 7.84. The maximum absolute atomic E-state index is 13.0. The Kier molecular flexibility index (Phi) is 6.68. The SMILES string of the molecule is O=C(Cn1c(=O)ccn(Cc2ccccc2)c1=O)Nc1ccc(-c2cccc(C(F)(F)F)c2)cc1. The fourth-order valence-electron chi connectivity index (χ4n) is 3.57. The smallest absolute Gasteiger partial charge is 0.325 e. The van der Waals surface area contributed by atoms with Gasteiger partial charge in [0.05, 0.1) is 12.1 Å². The molecule has 0 fully saturated rings. The molecule has 9 heteroatoms. The first-order valence-electron chi connectivity index (χ1n) is 10.6. The minimum atomic E-state index is -4.45. The number of carbonyl (C=O) groups is 1. The Bertz CT molecular complexity index is 1460. The highest BCUT2D eigenvalue weighted by molar-refractivity contribution is 5.90. The van der Waals surface area contributed by atoms with Gasteiger partial charge in [0.2, 0.25) is 5.91 Å². The van der Waals surface area contributed by atoms with Crippen molar-refractivity contribution in [3.63, 3.8) is 0 Å². The highest BCUT2D eigenvalue weighted by atomic mass is 19.4. The van der Waals surface area contributed by atoms with Crippen molar-refractivity contribution in [3.8, 4) is 11.1 Å². The van der Waals surface area contributed by atoms with E-state index in [4.69, 9.17) is 0 Å². The molecule has 1 amide bonds. The summed E-state index contributed by atoms with van der Waals surface area (Å²) in [5, 5.41) is 2.60. The highest BCUT2D eigenvalue weighted by Gasteiger charge is 2.30. The summed E-state index contributed by atoms with van der Waals surface area (Å²) in [6, 6.07) is 21.6. The molecule has 4 aromatic rings. The van der Waals surface area contributed by atoms with Gasteiger partial charge in [-0.1, -0.05) is 54.6 Å². The van der Waals surface area contributed by atoms with Crippen LogP contribution in [0.1, 0.15) is 11.1 Å². The topological polar surface area (TPSA) is 73.1 Å². The monoisotopic (exact) mass is 479 g/mol. The summed E-state index contributed by atoms with van der Waals surface area (Å²) in [5.41, 5.74) is 0.193. The summed E-state index contributed by atoms with van der Waals surface area (Å²) >= 11 is 0. The summed E-state index contributed by atoms with van der Waals surface area (Å²) in [7, 11) is 0. The number of hydrogen-bond acceptors (Lipinski definition) is 3. The molecule has 0 saturated heterocycles. The van der Waals surface area contributed by atoms with Crippen molar-refractivity contribution in [2.24, 2.45) is 0 Å². The van der Waals surface area contributed by atoms with Crippen molar-refractivity contribution >= 4 is 11.6 Å². The Morgan fingerprint density at radius 1 is 0.829 bits per heavy atom. The molecule has 0 radical (unpaired) electrons. The van der Waals surface area contributed by atoms with Crippen LogP contribution in [0.5, 0.6) is 0 Å². The number of alkyl halides is 3. The zero-order chi connectivity index (χ0) is 25.0. The average Bonchev–Trinajstić information content (AvgIpc) is 2.84. The molecule has 6 nitrogen and oxygen atoms in total. The predicted octanol–water partition coefficient (Wildman–Crippen LogP) is 4.38. The Morgan fingerprint density at radius 2 is 1.54 bits per heavy atom. The van der Waals surface area contributed by atoms with Crippen molar-refractivity contribution in [3.05, 3.63) is 123 Å². The second kappa shape index (κ2) is 9.84. The van der Waals surface area contributed by atoms with Crippen molar-refractivity contribution < 1.29 is 18.0 Å². The lowest BCUT2D eigenvalue weighted by Gasteiger charge is -2.11. The molecule has 0 spiro atoms. The molecule has 1 aromatic heterocycles. The Labute approximate surface area is 197 Å². The molecule has 0 aliphatic carbocycles. The molecule has 178 valence electrons. The van der Waals surface area contributed by atoms with E-state index in [1.807, 2.05) is 30.3 Å². The van der Waals surface area contributed by atoms with Crippen LogP contribution in [0.15, 0.2) is 101 Å². The molecular formula is C26H20F3N3O3. The predicted molar refractivity (Wildman–Crippen MR) is 126 cm³/mol. The van der Waals surface area contributed by atoms with E-state index >= 15 is 0 Å². The molecule has 1 heterocycles. The standard InChI is InChI=1S/C26H20F3N3O3/c27-26(28,29)21-8-4-7-20(15-21)19-9-11-22(12-10-19)30-23(33)17-32-24(34)13-14-31(25(32)35)16-18-5-2-1-3-6-18/h1-15H,16-17H2,(H,30,33). The molecule has 0 saturated carbocycles. The van der Waals surface area contributed by atoms with E-state index in [0.29, 0.717) is 16.8 Å². The van der Waals surface area contributed by atoms with Gasteiger partial charge in [0.15, 0.2) is 0 Å². The number of halogens is 3. The van der Waals surface area contributed by atoms with E-state index in [-0.39, 0.29) is 6.54 Å². The number of carbonyl (C=O) groups excluding carboxylic acids is 1. The number of aromatic nitrogens is 2. The fraction of sp³-hybridized carbons (Fsp3) is 0.115. The first kappa shape index (κ1) is 23.7. The zero-order valence-corrected chi connectivity index (χ0v) is 18.3. The number of amides is 1. The van der Waals surface area contributed by atoms with E-state index in [1.165, 1.54) is 35.0 Å². The van der Waals surface area contributed by atoms with Gasteiger partial charge >= 0.3 is 11.9 Å². The van der Waals surface area contributed by atoms with E-state index in [9.17, 15) is 27.6 Å². The molecule has 4 rings (SSSR count). The summed E-state index contributed by atoms with van der Waals surface area (Å²) in [4.78, 5) is 37.5. The lowest BCUT2D eigenvalue weighted by atomic mass is 10.0. The van der Waals surface area contributed by atoms with Gasteiger partial charge in [0.1, 0.15) is 6.54 Å². The third kappa shape index (κ3) is 5.75. The van der Waals surface area contributed by atoms with Gasteiger partial charge in [-0.15, -0.1) is 0 Å². The zero-order valence-electron chi connectivity index (χ0n) is 18.3. The Balaban J connectivity index is 1.47. The molecule has 0 bridgehead atoms. The molecular weight excluding hydrogens is 459 g/mol. The molecule has 35 heavy (non-hydrogen) atoms. The molecule has 0 unspecified atom stereocenters. The molecule has 3 aromatic carbocycles. The van der Waals surface area contributed by atoms with Crippen LogP contribution >= 0.6 is 0 Å². The number of benzene rings is 3. The van der Waals surface area contributed by atoms with E-state index in [1.54, 1.807) is 18.2 Å². The minimum absolute atomic E-state index is 0.249. The van der Waals surface area contributed by atoms with Gasteiger partial charge in [-0.3, -0.25) is 18.7 Å². The van der Waals surface area contributed by atoms with E-state index in [0.717, 1.165) is 22.3 Å². The van der Waals surface area contributed by atoms with Gasteiger partial charge in [-0.05, 0) is 41.0 Å². The Hall–Kier alpha value is -4.40. The quantitative estimate of drug-likeness (QED) is 0.446. The van der Waals surface area contributed by atoms with Crippen molar-refractivity contribution in [2.45, 2.75) is 19.3 Å². The van der Waals surface area contributed by atoms with Gasteiger partial charge in [0.25, 0.3) is 5.56 Å². The summed E-state index contributed by atoms with van der Waals surface area (Å²) < 4.78 is 41.1. The fourth-order valence-corrected chi connectivity index (χ4v) is 3.57. The minimum Gasteiger partial charge on any atom is -0.325 e. The normalized spacial score (nSPS) is 11.3. The van der Waals surface area contributed by atoms with Gasteiger partial charge < -0.3 is 5.32 Å². The van der Waals surface area contributed by atoms with Crippen molar-refractivity contribution in [1.82, 2.24) is 9.13 Å². The summed E-state index contributed by atoms with van der Waals surface area (Å²) in [6.45, 7) is -0.235. The summed E-state index contributed by atoms with van der Waals surface area (Å²) in [6.07, 6.45) is -3.06. The van der Waals surface area contributed by atoms with Crippen molar-refractivity contribution in [1.29, 1.82) is 0 Å². The van der Waals surface area contributed by atoms with Crippen LogP contribution in [0.4, 0.5) is 18.9 Å². The van der Waals surface area contributed by atoms with Crippen LogP contribution in [0.2, 0.25) is 0 Å². The van der Waals surface area contributed by atoms with Crippen LogP contribution in [0.25, 0.3) is 11.1 Å². The number of hydrogen-bond donors (Lipinski definition) is 1. The van der Waals surface area contributed by atoms with Crippen molar-refractivity contribution in [2.75, 3.05) is 5.32 Å². The average molecular weight is 479 g/mol. The summed E-state index contributed by atoms with van der Waals surface area (Å²) in [5.74, 6) is -0.589. The van der Waals surface area contributed by atoms with E-state index in [2.05, 4.69) is 5.32 Å². The molecule has 0 atom stereocenters. The van der Waals surface area contributed by atoms with Crippen LogP contribution in [0, 0.1) is 0 Å². The first-order valence-corrected chi connectivity index (χ1v) is 10.6. The number of rotatable bonds is 6. The number of anilines is 1. The van der Waals surface area contributed by atoms with Crippen LogP contribution in [-0.2, 0) is 24.1 Å². The van der Waals surface area contributed by atoms with Gasteiger partial charge in [0, 0.05) is 18.0 Å². The maximum Gasteiger partial charge on any atom is 0.416 e. The van der Waals surface area contributed by atoms with Crippen LogP contribution < -0.4 is 16.6 Å². The lowest BCUT2D eigenvalue weighted by Crippen LogP contribution is -2.41. The first-order chi connectivity index (χ1) is 16.7. The third-order valence-corrected chi connectivity index (χ3v) is 5.33. The van der Waals surface area contributed by atoms with Crippen LogP contribution in [-0.4, -0.2) is 15.0 Å². The maximum atomic E-state index is 13.0. The Morgan fingerprint density at radius 3 is 2.23 bits per heavy atom. The van der Waals surface area contributed by atoms with E-state index < -0.39 is 35.4 Å². The van der Waals surface area contributed by atoms with Gasteiger partial charge in [-0.25, -0.2) is 4.79 Å². The van der Waals surface area contributed by atoms with Crippen LogP contribution in [0.3, 0.4) is 0 Å². The highest BCUT2D eigenvalue weighted by Crippen LogP contribution is 2.32. The van der Waals surface area contributed by atoms with Gasteiger partial charge in [-0.2, -0.15) is 13.2 Å². The third-order valence-electron chi connectivity index (χ3n) is 5.33. The molecule has 0 aliphatic heterocycles.